The van der Waals surface area contributed by atoms with Crippen molar-refractivity contribution in [3.63, 3.8) is 0 Å². The number of methoxy groups -OCH3 is 1. The fourth-order valence-corrected chi connectivity index (χ4v) is 10.6. The molecule has 24 heteroatoms. The largest absolute Gasteiger partial charge is 0.475 e. The van der Waals surface area contributed by atoms with Crippen molar-refractivity contribution in [2.24, 2.45) is 11.3 Å². The van der Waals surface area contributed by atoms with E-state index in [1.54, 1.807) is 17.6 Å². The molecule has 2 aliphatic heterocycles. The van der Waals surface area contributed by atoms with Crippen LogP contribution in [0.2, 0.25) is 0 Å². The van der Waals surface area contributed by atoms with E-state index in [1.807, 2.05) is 6.08 Å². The highest BCUT2D eigenvalue weighted by atomic mass is 32.7. The topological polar surface area (TPSA) is 278 Å². The van der Waals surface area contributed by atoms with Crippen molar-refractivity contribution >= 4 is 61.0 Å². The maximum absolute atomic E-state index is 14.6. The minimum Gasteiger partial charge on any atom is -0.388 e. The van der Waals surface area contributed by atoms with Crippen LogP contribution in [-0.2, 0) is 41.2 Å². The van der Waals surface area contributed by atoms with E-state index in [4.69, 9.17) is 43.6 Å². The van der Waals surface area contributed by atoms with Crippen molar-refractivity contribution in [3.8, 4) is 0 Å². The number of phosphoric acid groups is 1. The first-order valence-electron chi connectivity index (χ1n) is 15.8. The monoisotopic (exact) mass is 768 g/mol. The van der Waals surface area contributed by atoms with Gasteiger partial charge in [0.2, 0.25) is 5.95 Å². The highest BCUT2D eigenvalue weighted by Gasteiger charge is 2.64. The summed E-state index contributed by atoms with van der Waals surface area (Å²) in [4.78, 5) is 36.0. The summed E-state index contributed by atoms with van der Waals surface area (Å²) >= 11 is 4.30. The Balaban J connectivity index is 1.21. The number of fused-ring (bicyclic) bond motifs is 4. The van der Waals surface area contributed by atoms with Gasteiger partial charge in [-0.25, -0.2) is 29.1 Å². The molecule has 4 aromatic rings. The zero-order valence-electron chi connectivity index (χ0n) is 27.0. The van der Waals surface area contributed by atoms with Gasteiger partial charge in [0, 0.05) is 12.5 Å². The average Bonchev–Trinajstić information content (AvgIpc) is 3.89. The molecule has 21 nitrogen and oxygen atoms in total. The van der Waals surface area contributed by atoms with Crippen molar-refractivity contribution in [2.75, 3.05) is 38.4 Å². The molecule has 3 fully saturated rings. The molecule has 1 spiro atoms. The molecule has 2 aliphatic carbocycles. The van der Waals surface area contributed by atoms with E-state index in [9.17, 15) is 19.0 Å². The van der Waals surface area contributed by atoms with Crippen molar-refractivity contribution in [1.82, 2.24) is 39.0 Å². The van der Waals surface area contributed by atoms with Gasteiger partial charge >= 0.3 is 14.6 Å². The number of phosphoric ester groups is 1. The van der Waals surface area contributed by atoms with E-state index in [1.165, 1.54) is 30.7 Å². The molecule has 11 atom stereocenters. The Morgan fingerprint density at radius 1 is 1.12 bits per heavy atom. The summed E-state index contributed by atoms with van der Waals surface area (Å²) in [7, 11) is -3.18. The van der Waals surface area contributed by atoms with Crippen LogP contribution in [-0.4, -0.2) is 102 Å². The van der Waals surface area contributed by atoms with E-state index in [-0.39, 0.29) is 29.5 Å². The van der Waals surface area contributed by atoms with Crippen LogP contribution < -0.4 is 17.0 Å². The number of H-pyrrole nitrogens is 1. The van der Waals surface area contributed by atoms with Crippen LogP contribution in [0.3, 0.4) is 0 Å². The molecule has 0 radical (unpaired) electrons. The third-order valence-electron chi connectivity index (χ3n) is 9.76. The van der Waals surface area contributed by atoms with E-state index in [0.717, 1.165) is 0 Å². The Morgan fingerprint density at radius 2 is 1.90 bits per heavy atom. The normalized spacial score (nSPS) is 38.4. The number of ether oxygens (including phenoxy) is 2. The Kier molecular flexibility index (Phi) is 8.66. The number of aliphatic hydroxyl groups is 1. The molecule has 6 heterocycles. The SMILES string of the molecule is CCO[P@@]1(=O)OC[C@@]23C=CC[C@@H]2[C@@H](n2cnc4c(N)ncnc42)[C@H](O)[C@@H]3O[P@](=O)(S)OC[C@H]2O[C@@H](n3cnc4c(=O)[nH]c(N)nc43)[C@H](O1)[C@@H]2OC. The summed E-state index contributed by atoms with van der Waals surface area (Å²) < 4.78 is 73.7. The molecule has 1 saturated carbocycles. The Bertz CT molecular complexity index is 2180. The predicted molar refractivity (Wildman–Crippen MR) is 179 cm³/mol. The molecule has 6 N–H and O–H groups in total. The number of allylic oxidation sites excluding steroid dienone is 1. The first-order valence-corrected chi connectivity index (χ1v) is 20.0. The summed E-state index contributed by atoms with van der Waals surface area (Å²) in [5.74, 6) is -0.545. The minimum atomic E-state index is -4.54. The zero-order chi connectivity index (χ0) is 35.9. The van der Waals surface area contributed by atoms with Crippen molar-refractivity contribution < 1.29 is 46.3 Å². The van der Waals surface area contributed by atoms with Crippen LogP contribution in [0.25, 0.3) is 22.3 Å². The van der Waals surface area contributed by atoms with Crippen molar-refractivity contribution in [2.45, 2.75) is 56.1 Å². The lowest BCUT2D eigenvalue weighted by Gasteiger charge is -2.36. The smallest absolute Gasteiger partial charge is 0.388 e. The summed E-state index contributed by atoms with van der Waals surface area (Å²) in [6.45, 7) is -3.63. The van der Waals surface area contributed by atoms with Gasteiger partial charge in [0.25, 0.3) is 5.56 Å². The number of aliphatic hydroxyl groups excluding tert-OH is 1. The maximum Gasteiger partial charge on any atom is 0.475 e. The molecule has 2 saturated heterocycles. The number of nitrogens with zero attached hydrogens (tertiary/aromatic N) is 7. The number of nitrogens with two attached hydrogens (primary N) is 2. The number of rotatable bonds is 5. The first kappa shape index (κ1) is 34.8. The second-order valence-corrected chi connectivity index (χ2v) is 17.0. The lowest BCUT2D eigenvalue weighted by atomic mass is 9.79. The number of thiol groups is 1. The molecule has 4 aliphatic rings. The van der Waals surface area contributed by atoms with Gasteiger partial charge in [-0.05, 0) is 19.3 Å². The van der Waals surface area contributed by atoms with E-state index >= 15 is 0 Å². The van der Waals surface area contributed by atoms with Gasteiger partial charge in [-0.2, -0.15) is 4.98 Å². The molecule has 0 unspecified atom stereocenters. The second kappa shape index (κ2) is 12.7. The predicted octanol–water partition coefficient (Wildman–Crippen LogP) is 1.51. The highest BCUT2D eigenvalue weighted by Crippen LogP contribution is 2.66. The van der Waals surface area contributed by atoms with Crippen LogP contribution in [0.15, 0.2) is 35.9 Å². The number of hydrogen-bond acceptors (Lipinski definition) is 18. The maximum atomic E-state index is 14.6. The van der Waals surface area contributed by atoms with Crippen molar-refractivity contribution in [1.29, 1.82) is 0 Å². The number of anilines is 2. The summed E-state index contributed by atoms with van der Waals surface area (Å²) in [5, 5.41) is 12.0. The molecule has 2 bridgehead atoms. The Labute approximate surface area is 293 Å². The molecule has 51 heavy (non-hydrogen) atoms. The molecule has 8 rings (SSSR count). The molecule has 0 aromatic carbocycles. The summed E-state index contributed by atoms with van der Waals surface area (Å²) in [5.41, 5.74) is 10.7. The van der Waals surface area contributed by atoms with Gasteiger partial charge in [-0.3, -0.25) is 37.0 Å². The molecular weight excluding hydrogens is 734 g/mol. The van der Waals surface area contributed by atoms with Gasteiger partial charge in [0.15, 0.2) is 28.9 Å². The van der Waals surface area contributed by atoms with Gasteiger partial charge in [-0.15, -0.1) is 0 Å². The van der Waals surface area contributed by atoms with Gasteiger partial charge in [0.1, 0.15) is 42.4 Å². The van der Waals surface area contributed by atoms with Crippen LogP contribution in [0.4, 0.5) is 11.8 Å². The Hall–Kier alpha value is -3.27. The quantitative estimate of drug-likeness (QED) is 0.109. The molecule has 4 aromatic heterocycles. The van der Waals surface area contributed by atoms with E-state index in [2.05, 4.69) is 42.2 Å². The average molecular weight is 769 g/mol. The fourth-order valence-electron chi connectivity index (χ4n) is 7.65. The minimum absolute atomic E-state index is 0.0356. The number of aromatic nitrogens is 8. The van der Waals surface area contributed by atoms with Crippen LogP contribution >= 0.6 is 26.9 Å². The van der Waals surface area contributed by atoms with E-state index in [0.29, 0.717) is 17.6 Å². The number of aromatic amines is 1. The fraction of sp³-hybridized carbons (Fsp3) is 0.556. The van der Waals surface area contributed by atoms with Crippen LogP contribution in [0.5, 0.6) is 0 Å². The van der Waals surface area contributed by atoms with Crippen LogP contribution in [0.1, 0.15) is 25.6 Å². The molecular formula is C27H34N10O11P2S. The number of hydrogen-bond donors (Lipinski definition) is 5. The third-order valence-corrected chi connectivity index (χ3v) is 12.9. The number of nitrogens with one attached hydrogen (secondary N) is 1. The van der Waals surface area contributed by atoms with Gasteiger partial charge in [-0.1, -0.05) is 24.4 Å². The van der Waals surface area contributed by atoms with Crippen LogP contribution in [0, 0.1) is 11.3 Å². The summed E-state index contributed by atoms with van der Waals surface area (Å²) in [6, 6.07) is -0.777. The standard InChI is InChI=1S/C27H34N10O11P2S/c1-3-43-49(40)45-8-27-6-4-5-12(27)16(36-10-32-14-21(28)30-9-31-22(14)36)17(38)20(27)48-50(41,51)44-7-13-18(42-2)19(47-49)25(46-13)37-11-33-15-23(37)34-26(29)35-24(15)39/h4,6,9-13,16-20,25,38H,3,5,7-8H2,1-2H3,(H,41,51)(H2,28,30,31)(H3,29,34,35,39)/t12-,13-,16-,17+,18-,19-,20+,25-,27+,49+,50-/m1/s1. The highest BCUT2D eigenvalue weighted by molar-refractivity contribution is 8.44. The van der Waals surface area contributed by atoms with Gasteiger partial charge in [0.05, 0.1) is 38.5 Å². The summed E-state index contributed by atoms with van der Waals surface area (Å²) in [6.07, 6.45) is 0.839. The lowest BCUT2D eigenvalue weighted by Crippen LogP contribution is -2.41. The van der Waals surface area contributed by atoms with Gasteiger partial charge < -0.3 is 30.6 Å². The first-order chi connectivity index (χ1) is 24.4. The number of nitrogen functional groups attached to an aromatic ring is 2. The lowest BCUT2D eigenvalue weighted by molar-refractivity contribution is -0.0629. The van der Waals surface area contributed by atoms with E-state index < -0.39 is 87.5 Å². The van der Waals surface area contributed by atoms with Crippen molar-refractivity contribution in [3.05, 3.63) is 41.5 Å². The number of imidazole rings is 2. The zero-order valence-corrected chi connectivity index (χ0v) is 29.7. The Morgan fingerprint density at radius 3 is 2.69 bits per heavy atom. The molecule has 274 valence electrons. The second-order valence-electron chi connectivity index (χ2n) is 12.5. The third kappa shape index (κ3) is 5.64. The molecule has 0 amide bonds.